The van der Waals surface area contributed by atoms with E-state index < -0.39 is 23.2 Å². The fourth-order valence-corrected chi connectivity index (χ4v) is 2.80. The number of carbonyl (C=O) groups excluding carboxylic acids is 1. The summed E-state index contributed by atoms with van der Waals surface area (Å²) in [5, 5.41) is 4.93. The molecule has 1 amide bonds. The summed E-state index contributed by atoms with van der Waals surface area (Å²) < 4.78 is 29.2. The van der Waals surface area contributed by atoms with Gasteiger partial charge in [-0.2, -0.15) is 0 Å². The molecule has 0 fully saturated rings. The molecular formula is C18H12ClF2N7O. The van der Waals surface area contributed by atoms with Crippen LogP contribution in [-0.2, 0) is 4.79 Å². The lowest BCUT2D eigenvalue weighted by Crippen LogP contribution is -2.14. The SMILES string of the molecule is O=C(CCl)Nc1ccc(F)c(Nc2ncccc2-c2ncnc3nc[nH]c23)c1F. The van der Waals surface area contributed by atoms with E-state index in [9.17, 15) is 13.6 Å². The number of nitrogens with zero attached hydrogens (tertiary/aromatic N) is 4. The molecule has 8 nitrogen and oxygen atoms in total. The summed E-state index contributed by atoms with van der Waals surface area (Å²) in [5.41, 5.74) is 1.22. The Labute approximate surface area is 167 Å². The highest BCUT2D eigenvalue weighted by Crippen LogP contribution is 2.33. The van der Waals surface area contributed by atoms with Gasteiger partial charge >= 0.3 is 0 Å². The maximum atomic E-state index is 14.8. The van der Waals surface area contributed by atoms with Gasteiger partial charge in [0.15, 0.2) is 11.5 Å². The molecule has 0 saturated carbocycles. The highest BCUT2D eigenvalue weighted by Gasteiger charge is 2.19. The molecule has 3 aromatic heterocycles. The summed E-state index contributed by atoms with van der Waals surface area (Å²) >= 11 is 5.43. The second-order valence-corrected chi connectivity index (χ2v) is 6.08. The van der Waals surface area contributed by atoms with Crippen LogP contribution in [-0.4, -0.2) is 36.7 Å². The number of rotatable bonds is 5. The number of hydrogen-bond acceptors (Lipinski definition) is 6. The molecule has 11 heteroatoms. The zero-order valence-corrected chi connectivity index (χ0v) is 15.3. The van der Waals surface area contributed by atoms with Gasteiger partial charge in [0, 0.05) is 11.8 Å². The first-order valence-electron chi connectivity index (χ1n) is 8.28. The van der Waals surface area contributed by atoms with Crippen LogP contribution >= 0.6 is 11.6 Å². The minimum atomic E-state index is -0.991. The zero-order valence-electron chi connectivity index (χ0n) is 14.6. The molecular weight excluding hydrogens is 404 g/mol. The van der Waals surface area contributed by atoms with Crippen LogP contribution in [0.15, 0.2) is 43.1 Å². The van der Waals surface area contributed by atoms with Crippen molar-refractivity contribution >= 4 is 45.9 Å². The second kappa shape index (κ2) is 7.76. The molecule has 0 saturated heterocycles. The van der Waals surface area contributed by atoms with Crippen LogP contribution < -0.4 is 10.6 Å². The standard InChI is InChI=1S/C18H12ClF2N7O/c19-6-12(29)27-11-4-3-10(20)15(13(11)21)28-17-9(2-1-5-22-17)14-16-18(25-7-23-14)26-8-24-16/h1-5,7-8H,6H2,(H,22,28)(H,27,29)(H,23,24,25,26). The molecule has 0 aliphatic rings. The highest BCUT2D eigenvalue weighted by molar-refractivity contribution is 6.29. The molecule has 0 atom stereocenters. The predicted molar refractivity (Wildman–Crippen MR) is 104 cm³/mol. The summed E-state index contributed by atoms with van der Waals surface area (Å²) in [7, 11) is 0. The number of hydrogen-bond donors (Lipinski definition) is 3. The fraction of sp³-hybridized carbons (Fsp3) is 0.0556. The lowest BCUT2D eigenvalue weighted by Gasteiger charge is -2.14. The highest BCUT2D eigenvalue weighted by atomic mass is 35.5. The van der Waals surface area contributed by atoms with Crippen molar-refractivity contribution in [3.63, 3.8) is 0 Å². The van der Waals surface area contributed by atoms with Gasteiger partial charge in [-0.05, 0) is 24.3 Å². The van der Waals surface area contributed by atoms with Crippen LogP contribution in [0.25, 0.3) is 22.4 Å². The zero-order chi connectivity index (χ0) is 20.4. The molecule has 3 heterocycles. The Hall–Kier alpha value is -3.66. The van der Waals surface area contributed by atoms with E-state index in [1.54, 1.807) is 12.1 Å². The average molecular weight is 416 g/mol. The minimum absolute atomic E-state index is 0.153. The largest absolute Gasteiger partial charge is 0.341 e. The van der Waals surface area contributed by atoms with Crippen molar-refractivity contribution in [1.29, 1.82) is 0 Å². The van der Waals surface area contributed by atoms with Gasteiger partial charge in [0.2, 0.25) is 5.91 Å². The first-order chi connectivity index (χ1) is 14.1. The van der Waals surface area contributed by atoms with Crippen LogP contribution in [0.3, 0.4) is 0 Å². The van der Waals surface area contributed by atoms with Gasteiger partial charge in [0.05, 0.1) is 12.0 Å². The maximum Gasteiger partial charge on any atom is 0.239 e. The molecule has 0 spiro atoms. The normalized spacial score (nSPS) is 10.9. The molecule has 0 aliphatic heterocycles. The Morgan fingerprint density at radius 1 is 1.14 bits per heavy atom. The Morgan fingerprint density at radius 3 is 2.83 bits per heavy atom. The van der Waals surface area contributed by atoms with Gasteiger partial charge < -0.3 is 15.6 Å². The first kappa shape index (κ1) is 18.7. The monoisotopic (exact) mass is 415 g/mol. The number of fused-ring (bicyclic) bond motifs is 1. The number of aromatic nitrogens is 5. The topological polar surface area (TPSA) is 108 Å². The van der Waals surface area contributed by atoms with Crippen molar-refractivity contribution in [2.45, 2.75) is 0 Å². The van der Waals surface area contributed by atoms with Gasteiger partial charge in [-0.3, -0.25) is 4.79 Å². The number of nitrogens with one attached hydrogen (secondary N) is 3. The number of carbonyl (C=O) groups is 1. The molecule has 4 aromatic rings. The lowest BCUT2D eigenvalue weighted by molar-refractivity contribution is -0.113. The third kappa shape index (κ3) is 3.57. The van der Waals surface area contributed by atoms with Crippen molar-refractivity contribution in [2.75, 3.05) is 16.5 Å². The molecule has 0 unspecified atom stereocenters. The van der Waals surface area contributed by atoms with Crippen LogP contribution in [0.1, 0.15) is 0 Å². The number of anilines is 3. The van der Waals surface area contributed by atoms with E-state index in [4.69, 9.17) is 11.6 Å². The fourth-order valence-electron chi connectivity index (χ4n) is 2.73. The van der Waals surface area contributed by atoms with Crippen LogP contribution in [0, 0.1) is 11.6 Å². The van der Waals surface area contributed by atoms with E-state index in [-0.39, 0.29) is 17.4 Å². The van der Waals surface area contributed by atoms with Gasteiger partial charge in [-0.15, -0.1) is 11.6 Å². The lowest BCUT2D eigenvalue weighted by atomic mass is 10.1. The van der Waals surface area contributed by atoms with E-state index in [0.717, 1.165) is 12.1 Å². The van der Waals surface area contributed by atoms with Crippen LogP contribution in [0.4, 0.5) is 26.0 Å². The average Bonchev–Trinajstić information content (AvgIpc) is 3.22. The van der Waals surface area contributed by atoms with Crippen molar-refractivity contribution < 1.29 is 13.6 Å². The summed E-state index contributed by atoms with van der Waals surface area (Å²) in [5.74, 6) is -2.69. The Morgan fingerprint density at radius 2 is 2.00 bits per heavy atom. The van der Waals surface area contributed by atoms with Gasteiger partial charge in [-0.1, -0.05) is 0 Å². The van der Waals surface area contributed by atoms with E-state index in [2.05, 4.69) is 35.6 Å². The smallest absolute Gasteiger partial charge is 0.239 e. The van der Waals surface area contributed by atoms with Crippen molar-refractivity contribution in [3.8, 4) is 11.3 Å². The van der Waals surface area contributed by atoms with Crippen molar-refractivity contribution in [3.05, 3.63) is 54.8 Å². The van der Waals surface area contributed by atoms with Crippen molar-refractivity contribution in [1.82, 2.24) is 24.9 Å². The maximum absolute atomic E-state index is 14.8. The number of imidazole rings is 1. The molecule has 4 rings (SSSR count). The Kier molecular flexibility index (Phi) is 5.00. The number of amides is 1. The molecule has 3 N–H and O–H groups in total. The predicted octanol–water partition coefficient (Wildman–Crippen LogP) is 3.61. The summed E-state index contributed by atoms with van der Waals surface area (Å²) in [4.78, 5) is 31.0. The van der Waals surface area contributed by atoms with E-state index in [1.165, 1.54) is 18.9 Å². The van der Waals surface area contributed by atoms with Crippen molar-refractivity contribution in [2.24, 2.45) is 0 Å². The summed E-state index contributed by atoms with van der Waals surface area (Å²) in [6.45, 7) is 0. The number of halogens is 3. The first-order valence-corrected chi connectivity index (χ1v) is 8.82. The molecule has 0 radical (unpaired) electrons. The van der Waals surface area contributed by atoms with Gasteiger partial charge in [0.25, 0.3) is 0 Å². The molecule has 29 heavy (non-hydrogen) atoms. The third-order valence-corrected chi connectivity index (χ3v) is 4.26. The van der Waals surface area contributed by atoms with Gasteiger partial charge in [0.1, 0.15) is 40.7 Å². The number of pyridine rings is 1. The molecule has 1 aromatic carbocycles. The number of aromatic amines is 1. The molecule has 0 aliphatic carbocycles. The van der Waals surface area contributed by atoms with E-state index in [0.29, 0.717) is 22.4 Å². The summed E-state index contributed by atoms with van der Waals surface area (Å²) in [6.07, 6.45) is 4.26. The second-order valence-electron chi connectivity index (χ2n) is 5.81. The van der Waals surface area contributed by atoms with E-state index in [1.807, 2.05) is 0 Å². The van der Waals surface area contributed by atoms with Crippen LogP contribution in [0.2, 0.25) is 0 Å². The third-order valence-electron chi connectivity index (χ3n) is 4.02. The number of alkyl halides is 1. The Bertz CT molecular complexity index is 1210. The molecule has 146 valence electrons. The van der Waals surface area contributed by atoms with Gasteiger partial charge in [-0.25, -0.2) is 28.7 Å². The number of benzene rings is 1. The number of H-pyrrole nitrogens is 1. The Balaban J connectivity index is 1.78. The van der Waals surface area contributed by atoms with E-state index >= 15 is 0 Å². The van der Waals surface area contributed by atoms with Crippen LogP contribution in [0.5, 0.6) is 0 Å². The molecule has 0 bridgehead atoms. The minimum Gasteiger partial charge on any atom is -0.341 e. The quantitative estimate of drug-likeness (QED) is 0.430. The summed E-state index contributed by atoms with van der Waals surface area (Å²) in [6, 6.07) is 5.48.